The van der Waals surface area contributed by atoms with Gasteiger partial charge in [-0.2, -0.15) is 0 Å². The lowest BCUT2D eigenvalue weighted by atomic mass is 9.96. The van der Waals surface area contributed by atoms with Gasteiger partial charge in [-0.25, -0.2) is 0 Å². The predicted molar refractivity (Wildman–Crippen MR) is 77.9 cm³/mol. The van der Waals surface area contributed by atoms with E-state index in [1.807, 2.05) is 55.5 Å². The van der Waals surface area contributed by atoms with E-state index in [9.17, 15) is 4.79 Å². The number of nitrogens with one attached hydrogen (secondary N) is 2. The van der Waals surface area contributed by atoms with Gasteiger partial charge in [0.25, 0.3) is 5.91 Å². The quantitative estimate of drug-likeness (QED) is 0.880. The molecule has 102 valence electrons. The number of benzene rings is 2. The van der Waals surface area contributed by atoms with E-state index < -0.39 is 5.66 Å². The number of hydrogen-bond donors (Lipinski definition) is 2. The number of para-hydroxylation sites is 1. The molecule has 0 bridgehead atoms. The summed E-state index contributed by atoms with van der Waals surface area (Å²) in [5.41, 5.74) is 1.85. The number of ether oxygens (including phenoxy) is 1. The lowest BCUT2D eigenvalue weighted by Gasteiger charge is -2.38. The van der Waals surface area contributed by atoms with Gasteiger partial charge in [-0.3, -0.25) is 4.79 Å². The number of rotatable bonds is 2. The van der Waals surface area contributed by atoms with E-state index in [1.165, 1.54) is 0 Å². The Labute approximate surface area is 117 Å². The van der Waals surface area contributed by atoms with Crippen molar-refractivity contribution in [1.82, 2.24) is 5.32 Å². The monoisotopic (exact) mass is 268 g/mol. The molecule has 0 saturated heterocycles. The highest BCUT2D eigenvalue weighted by Gasteiger charge is 2.34. The predicted octanol–water partition coefficient (Wildman–Crippen LogP) is 2.72. The Morgan fingerprint density at radius 3 is 2.40 bits per heavy atom. The molecule has 2 aromatic rings. The van der Waals surface area contributed by atoms with Crippen LogP contribution in [-0.4, -0.2) is 13.0 Å². The van der Waals surface area contributed by atoms with Crippen molar-refractivity contribution in [3.8, 4) is 5.75 Å². The van der Waals surface area contributed by atoms with E-state index in [1.54, 1.807) is 7.11 Å². The maximum Gasteiger partial charge on any atom is 0.255 e. The summed E-state index contributed by atoms with van der Waals surface area (Å²) < 4.78 is 5.16. The van der Waals surface area contributed by atoms with Crippen molar-refractivity contribution in [1.29, 1.82) is 0 Å². The topological polar surface area (TPSA) is 50.4 Å². The number of carbonyl (C=O) groups is 1. The third-order valence-electron chi connectivity index (χ3n) is 3.59. The summed E-state index contributed by atoms with van der Waals surface area (Å²) in [5, 5.41) is 6.40. The van der Waals surface area contributed by atoms with Gasteiger partial charge >= 0.3 is 0 Å². The molecule has 1 aliphatic heterocycles. The molecule has 0 fully saturated rings. The van der Waals surface area contributed by atoms with Crippen LogP contribution >= 0.6 is 0 Å². The van der Waals surface area contributed by atoms with Crippen LogP contribution in [0.1, 0.15) is 22.8 Å². The molecule has 4 nitrogen and oxygen atoms in total. The molecule has 1 heterocycles. The van der Waals surface area contributed by atoms with Crippen LogP contribution in [-0.2, 0) is 5.66 Å². The van der Waals surface area contributed by atoms with E-state index in [0.717, 1.165) is 17.0 Å². The van der Waals surface area contributed by atoms with Gasteiger partial charge in [0.1, 0.15) is 11.4 Å². The van der Waals surface area contributed by atoms with E-state index in [-0.39, 0.29) is 5.91 Å². The highest BCUT2D eigenvalue weighted by Crippen LogP contribution is 2.31. The SMILES string of the molecule is COc1ccc(C2(C)NC(=O)c3ccccc3N2)cc1. The third kappa shape index (κ3) is 1.99. The second-order valence-corrected chi connectivity index (χ2v) is 4.98. The Hall–Kier alpha value is -2.49. The average molecular weight is 268 g/mol. The molecule has 1 amide bonds. The van der Waals surface area contributed by atoms with Crippen LogP contribution in [0.4, 0.5) is 5.69 Å². The van der Waals surface area contributed by atoms with Gasteiger partial charge in [0, 0.05) is 5.69 Å². The van der Waals surface area contributed by atoms with Gasteiger partial charge in [0.2, 0.25) is 0 Å². The molecular formula is C16H16N2O2. The minimum Gasteiger partial charge on any atom is -0.497 e. The Bertz CT molecular complexity index is 652. The van der Waals surface area contributed by atoms with Crippen LogP contribution in [0.15, 0.2) is 48.5 Å². The minimum atomic E-state index is -0.627. The van der Waals surface area contributed by atoms with Crippen LogP contribution in [0.25, 0.3) is 0 Å². The summed E-state index contributed by atoms with van der Waals surface area (Å²) in [4.78, 5) is 12.2. The fourth-order valence-electron chi connectivity index (χ4n) is 2.45. The zero-order valence-electron chi connectivity index (χ0n) is 11.4. The van der Waals surface area contributed by atoms with Gasteiger partial charge in [-0.15, -0.1) is 0 Å². The van der Waals surface area contributed by atoms with E-state index in [0.29, 0.717) is 5.56 Å². The van der Waals surface area contributed by atoms with Crippen molar-refractivity contribution in [2.24, 2.45) is 0 Å². The maximum absolute atomic E-state index is 12.2. The molecule has 20 heavy (non-hydrogen) atoms. The molecular weight excluding hydrogens is 252 g/mol. The van der Waals surface area contributed by atoms with Crippen LogP contribution < -0.4 is 15.4 Å². The Balaban J connectivity index is 1.99. The number of amides is 1. The van der Waals surface area contributed by atoms with Gasteiger partial charge in [0.05, 0.1) is 12.7 Å². The molecule has 0 saturated carbocycles. The standard InChI is InChI=1S/C16H16N2O2/c1-16(11-7-9-12(20-2)10-8-11)17-14-6-4-3-5-13(14)15(19)18-16/h3-10,17H,1-2H3,(H,18,19). The Morgan fingerprint density at radius 1 is 1.00 bits per heavy atom. The highest BCUT2D eigenvalue weighted by molar-refractivity contribution is 6.02. The molecule has 4 heteroatoms. The zero-order valence-corrected chi connectivity index (χ0v) is 11.4. The van der Waals surface area contributed by atoms with Crippen molar-refractivity contribution >= 4 is 11.6 Å². The summed E-state index contributed by atoms with van der Waals surface area (Å²) in [5.74, 6) is 0.720. The summed E-state index contributed by atoms with van der Waals surface area (Å²) in [6.45, 7) is 1.95. The molecule has 2 N–H and O–H groups in total. The number of fused-ring (bicyclic) bond motifs is 1. The first kappa shape index (κ1) is 12.5. The van der Waals surface area contributed by atoms with Crippen LogP contribution in [0.2, 0.25) is 0 Å². The Morgan fingerprint density at radius 2 is 1.70 bits per heavy atom. The molecule has 0 radical (unpaired) electrons. The van der Waals surface area contributed by atoms with Crippen molar-refractivity contribution in [3.05, 3.63) is 59.7 Å². The number of methoxy groups -OCH3 is 1. The zero-order chi connectivity index (χ0) is 14.2. The normalized spacial score (nSPS) is 20.6. The minimum absolute atomic E-state index is 0.0716. The molecule has 1 atom stereocenters. The molecule has 1 aliphatic rings. The molecule has 1 unspecified atom stereocenters. The maximum atomic E-state index is 12.2. The van der Waals surface area contributed by atoms with Crippen molar-refractivity contribution in [2.75, 3.05) is 12.4 Å². The van der Waals surface area contributed by atoms with E-state index in [2.05, 4.69) is 10.6 Å². The summed E-state index contributed by atoms with van der Waals surface area (Å²) in [7, 11) is 1.63. The lowest BCUT2D eigenvalue weighted by Crippen LogP contribution is -2.52. The van der Waals surface area contributed by atoms with Crippen LogP contribution in [0.5, 0.6) is 5.75 Å². The molecule has 3 rings (SSSR count). The average Bonchev–Trinajstić information content (AvgIpc) is 2.47. The van der Waals surface area contributed by atoms with Crippen molar-refractivity contribution < 1.29 is 9.53 Å². The molecule has 0 aliphatic carbocycles. The van der Waals surface area contributed by atoms with Gasteiger partial charge in [-0.05, 0) is 36.8 Å². The third-order valence-corrected chi connectivity index (χ3v) is 3.59. The largest absolute Gasteiger partial charge is 0.497 e. The molecule has 0 spiro atoms. The first-order valence-electron chi connectivity index (χ1n) is 6.47. The Kier molecular flexibility index (Phi) is 2.86. The van der Waals surface area contributed by atoms with E-state index in [4.69, 9.17) is 4.74 Å². The smallest absolute Gasteiger partial charge is 0.255 e. The van der Waals surface area contributed by atoms with Crippen molar-refractivity contribution in [2.45, 2.75) is 12.6 Å². The fraction of sp³-hybridized carbons (Fsp3) is 0.188. The molecule has 0 aromatic heterocycles. The number of anilines is 1. The lowest BCUT2D eigenvalue weighted by molar-refractivity contribution is 0.0906. The second-order valence-electron chi connectivity index (χ2n) is 4.98. The first-order valence-corrected chi connectivity index (χ1v) is 6.47. The van der Waals surface area contributed by atoms with E-state index >= 15 is 0 Å². The number of carbonyl (C=O) groups excluding carboxylic acids is 1. The van der Waals surface area contributed by atoms with Gasteiger partial charge in [0.15, 0.2) is 0 Å². The van der Waals surface area contributed by atoms with Crippen LogP contribution in [0.3, 0.4) is 0 Å². The number of hydrogen-bond acceptors (Lipinski definition) is 3. The van der Waals surface area contributed by atoms with Gasteiger partial charge in [-0.1, -0.05) is 24.3 Å². The van der Waals surface area contributed by atoms with Gasteiger partial charge < -0.3 is 15.4 Å². The van der Waals surface area contributed by atoms with Crippen LogP contribution in [0, 0.1) is 0 Å². The highest BCUT2D eigenvalue weighted by atomic mass is 16.5. The fourth-order valence-corrected chi connectivity index (χ4v) is 2.45. The summed E-state index contributed by atoms with van der Waals surface area (Å²) in [6.07, 6.45) is 0. The second kappa shape index (κ2) is 4.56. The van der Waals surface area contributed by atoms with Crippen molar-refractivity contribution in [3.63, 3.8) is 0 Å². The molecule has 2 aromatic carbocycles. The summed E-state index contributed by atoms with van der Waals surface area (Å²) in [6, 6.07) is 15.2. The first-order chi connectivity index (χ1) is 9.62. The summed E-state index contributed by atoms with van der Waals surface area (Å²) >= 11 is 0.